The van der Waals surface area contributed by atoms with Crippen molar-refractivity contribution in [2.45, 2.75) is 49.0 Å². The number of anilines is 1. The molecule has 0 aliphatic carbocycles. The van der Waals surface area contributed by atoms with Crippen LogP contribution in [0.25, 0.3) is 0 Å². The highest BCUT2D eigenvalue weighted by molar-refractivity contribution is 7.89. The van der Waals surface area contributed by atoms with Crippen LogP contribution in [-0.4, -0.2) is 85.5 Å². The maximum absolute atomic E-state index is 13.3. The molecule has 5 aromatic carbocycles. The minimum Gasteiger partial charge on any atom is -0.497 e. The number of aliphatic hydroxyl groups excluding tert-OH is 1. The Kier molecular flexibility index (Phi) is 15.3. The van der Waals surface area contributed by atoms with E-state index in [9.17, 15) is 18.3 Å². The maximum atomic E-state index is 13.3. The van der Waals surface area contributed by atoms with Gasteiger partial charge in [-0.3, -0.25) is 4.79 Å². The number of methoxy groups -OCH3 is 2. The van der Waals surface area contributed by atoms with Gasteiger partial charge in [0.05, 0.1) is 43.7 Å². The number of azo groups is 1. The van der Waals surface area contributed by atoms with Crippen molar-refractivity contribution < 1.29 is 32.5 Å². The first-order chi connectivity index (χ1) is 29.5. The molecule has 1 aliphatic heterocycles. The number of carbonyl (C=O) groups is 1. The molecule has 0 spiro atoms. The van der Waals surface area contributed by atoms with E-state index in [1.165, 1.54) is 12.1 Å². The summed E-state index contributed by atoms with van der Waals surface area (Å²) in [5.41, 5.74) is 3.49. The molecule has 1 aliphatic rings. The average Bonchev–Trinajstić information content (AvgIpc) is 3.30. The highest BCUT2D eigenvalue weighted by atomic mass is 32.2. The van der Waals surface area contributed by atoms with Crippen LogP contribution in [0.1, 0.15) is 55.2 Å². The van der Waals surface area contributed by atoms with Crippen LogP contribution in [0.3, 0.4) is 0 Å². The molecule has 0 saturated carbocycles. The van der Waals surface area contributed by atoms with Crippen LogP contribution in [0.4, 0.5) is 17.1 Å². The zero-order valence-corrected chi connectivity index (χ0v) is 36.3. The van der Waals surface area contributed by atoms with Crippen LogP contribution in [0, 0.1) is 5.41 Å². The minimum absolute atomic E-state index is 0.0611. The van der Waals surface area contributed by atoms with Crippen molar-refractivity contribution in [2.24, 2.45) is 15.6 Å². The Morgan fingerprint density at radius 2 is 1.26 bits per heavy atom. The summed E-state index contributed by atoms with van der Waals surface area (Å²) in [6.45, 7) is 1.46. The van der Waals surface area contributed by atoms with Crippen LogP contribution >= 0.6 is 0 Å². The Morgan fingerprint density at radius 1 is 0.738 bits per heavy atom. The topological polar surface area (TPSA) is 142 Å². The molecular formula is C48H57N5O7S. The van der Waals surface area contributed by atoms with Gasteiger partial charge in [-0.1, -0.05) is 61.0 Å². The van der Waals surface area contributed by atoms with Crippen LogP contribution in [0.2, 0.25) is 0 Å². The lowest BCUT2D eigenvalue weighted by atomic mass is 9.77. The standard InChI is InChI=1S/C48H57N5O7S/c1-52(2)42-22-18-40(19-23-42)50-51-41-20-28-45(29-21-41)61(56,57)49-32-10-6-9-13-46(55)53-33-30-47(35-54,31-34-53)36-60-48(37-11-7-5-8-12-37,38-14-24-43(58-3)25-15-38)39-16-26-44(59-4)27-17-39/h5,7-8,11-12,14-29,49,54H,6,9-10,13,30-36H2,1-4H3. The van der Waals surface area contributed by atoms with Gasteiger partial charge in [0.15, 0.2) is 0 Å². The number of benzene rings is 5. The van der Waals surface area contributed by atoms with Gasteiger partial charge in [-0.25, -0.2) is 13.1 Å². The van der Waals surface area contributed by atoms with E-state index in [0.29, 0.717) is 63.0 Å². The third-order valence-corrected chi connectivity index (χ3v) is 12.9. The van der Waals surface area contributed by atoms with Gasteiger partial charge >= 0.3 is 0 Å². The molecule has 0 unspecified atom stereocenters. The van der Waals surface area contributed by atoms with Gasteiger partial charge in [0, 0.05) is 51.3 Å². The molecule has 0 bridgehead atoms. The summed E-state index contributed by atoms with van der Waals surface area (Å²) >= 11 is 0. The number of carbonyl (C=O) groups excluding carboxylic acids is 1. The van der Waals surface area contributed by atoms with Crippen molar-refractivity contribution in [3.8, 4) is 11.5 Å². The number of nitrogens with zero attached hydrogens (tertiary/aromatic N) is 4. The van der Waals surface area contributed by atoms with E-state index in [1.807, 2.05) is 115 Å². The third kappa shape index (κ3) is 11.2. The number of hydrogen-bond donors (Lipinski definition) is 2. The van der Waals surface area contributed by atoms with Crippen molar-refractivity contribution in [3.05, 3.63) is 144 Å². The zero-order valence-electron chi connectivity index (χ0n) is 35.5. The lowest BCUT2D eigenvalue weighted by Gasteiger charge is -2.44. The fraction of sp³-hybridized carbons (Fsp3) is 0.354. The van der Waals surface area contributed by atoms with E-state index in [-0.39, 0.29) is 30.6 Å². The highest BCUT2D eigenvalue weighted by Gasteiger charge is 2.43. The largest absolute Gasteiger partial charge is 0.497 e. The summed E-state index contributed by atoms with van der Waals surface area (Å²) < 4.78 is 46.7. The summed E-state index contributed by atoms with van der Waals surface area (Å²) in [6.07, 6.45) is 3.48. The molecule has 322 valence electrons. The Morgan fingerprint density at radius 3 is 1.77 bits per heavy atom. The fourth-order valence-electron chi connectivity index (χ4n) is 7.57. The first kappa shape index (κ1) is 44.9. The van der Waals surface area contributed by atoms with Gasteiger partial charge < -0.3 is 29.1 Å². The molecule has 61 heavy (non-hydrogen) atoms. The van der Waals surface area contributed by atoms with Crippen molar-refractivity contribution >= 4 is 33.0 Å². The van der Waals surface area contributed by atoms with Crippen molar-refractivity contribution in [2.75, 3.05) is 66.1 Å². The number of ether oxygens (including phenoxy) is 3. The van der Waals surface area contributed by atoms with E-state index < -0.39 is 21.0 Å². The summed E-state index contributed by atoms with van der Waals surface area (Å²) in [4.78, 5) is 17.4. The van der Waals surface area contributed by atoms with Gasteiger partial charge in [-0.05, 0) is 115 Å². The average molecular weight is 848 g/mol. The number of sulfonamides is 1. The van der Waals surface area contributed by atoms with Gasteiger partial charge in [0.2, 0.25) is 15.9 Å². The van der Waals surface area contributed by atoms with Crippen molar-refractivity contribution in [1.82, 2.24) is 9.62 Å². The summed E-state index contributed by atoms with van der Waals surface area (Å²) in [5, 5.41) is 19.4. The number of likely N-dealkylation sites (tertiary alicyclic amines) is 1. The molecule has 1 amide bonds. The summed E-state index contributed by atoms with van der Waals surface area (Å²) in [5.74, 6) is 1.52. The molecule has 0 atom stereocenters. The minimum atomic E-state index is -3.70. The molecular weight excluding hydrogens is 791 g/mol. The SMILES string of the molecule is COc1ccc(C(OCC2(CO)CCN(C(=O)CCCCCNS(=O)(=O)c3ccc(N=Nc4ccc(N(C)C)cc4)cc3)CC2)(c2ccccc2)c2ccc(OC)cc2)cc1. The molecule has 0 radical (unpaired) electrons. The number of nitrogens with one attached hydrogen (secondary N) is 1. The monoisotopic (exact) mass is 847 g/mol. The molecule has 2 N–H and O–H groups in total. The number of hydrogen-bond acceptors (Lipinski definition) is 10. The number of unbranched alkanes of at least 4 members (excludes halogenated alkanes) is 2. The van der Waals surface area contributed by atoms with Crippen molar-refractivity contribution in [3.63, 3.8) is 0 Å². The second kappa shape index (κ2) is 20.8. The maximum Gasteiger partial charge on any atom is 0.240 e. The predicted molar refractivity (Wildman–Crippen MR) is 239 cm³/mol. The van der Waals surface area contributed by atoms with Gasteiger partial charge in [0.25, 0.3) is 0 Å². The zero-order chi connectivity index (χ0) is 43.3. The molecule has 0 aromatic heterocycles. The number of amides is 1. The Labute approximate surface area is 360 Å². The quantitative estimate of drug-likeness (QED) is 0.0451. The van der Waals surface area contributed by atoms with E-state index in [0.717, 1.165) is 33.9 Å². The third-order valence-electron chi connectivity index (χ3n) is 11.4. The van der Waals surface area contributed by atoms with Crippen LogP contribution in [0.15, 0.2) is 143 Å². The van der Waals surface area contributed by atoms with Crippen LogP contribution < -0.4 is 19.1 Å². The van der Waals surface area contributed by atoms with E-state index in [1.54, 1.807) is 26.4 Å². The molecule has 5 aromatic rings. The Bertz CT molecular complexity index is 2230. The molecule has 12 nitrogen and oxygen atoms in total. The molecule has 6 rings (SSSR count). The predicted octanol–water partition coefficient (Wildman–Crippen LogP) is 8.63. The normalized spacial score (nSPS) is 14.2. The number of aliphatic hydroxyl groups is 1. The fourth-order valence-corrected chi connectivity index (χ4v) is 8.64. The van der Waals surface area contributed by atoms with Crippen molar-refractivity contribution in [1.29, 1.82) is 0 Å². The number of rotatable bonds is 20. The first-order valence-corrected chi connectivity index (χ1v) is 22.2. The smallest absolute Gasteiger partial charge is 0.240 e. The Hall–Kier alpha value is -5.60. The molecule has 1 fully saturated rings. The molecule has 1 saturated heterocycles. The Balaban J connectivity index is 0.993. The second-order valence-corrected chi connectivity index (χ2v) is 17.4. The highest BCUT2D eigenvalue weighted by Crippen LogP contribution is 2.44. The van der Waals surface area contributed by atoms with Gasteiger partial charge in [-0.2, -0.15) is 10.2 Å². The van der Waals surface area contributed by atoms with Crippen LogP contribution in [0.5, 0.6) is 11.5 Å². The molecule has 13 heteroatoms. The first-order valence-electron chi connectivity index (χ1n) is 20.7. The summed E-state index contributed by atoms with van der Waals surface area (Å²) in [6, 6.07) is 39.7. The molecule has 1 heterocycles. The van der Waals surface area contributed by atoms with E-state index >= 15 is 0 Å². The van der Waals surface area contributed by atoms with E-state index in [2.05, 4.69) is 27.1 Å². The lowest BCUT2D eigenvalue weighted by molar-refractivity contribution is -0.137. The lowest BCUT2D eigenvalue weighted by Crippen LogP contribution is -2.48. The summed E-state index contributed by atoms with van der Waals surface area (Å²) in [7, 11) is 3.51. The second-order valence-electron chi connectivity index (χ2n) is 15.6. The van der Waals surface area contributed by atoms with Crippen LogP contribution in [-0.2, 0) is 25.2 Å². The van der Waals surface area contributed by atoms with Gasteiger partial charge in [0.1, 0.15) is 17.1 Å². The van der Waals surface area contributed by atoms with E-state index in [4.69, 9.17) is 14.2 Å². The number of piperidine rings is 1. The van der Waals surface area contributed by atoms with Gasteiger partial charge in [-0.15, -0.1) is 0 Å².